The van der Waals surface area contributed by atoms with E-state index in [0.29, 0.717) is 5.69 Å². The van der Waals surface area contributed by atoms with Gasteiger partial charge in [-0.3, -0.25) is 4.79 Å². The lowest BCUT2D eigenvalue weighted by atomic mass is 10.1. The molecule has 140 valence electrons. The summed E-state index contributed by atoms with van der Waals surface area (Å²) in [5.74, 6) is -0.407. The molecule has 0 atom stereocenters. The lowest BCUT2D eigenvalue weighted by Gasteiger charge is -2.09. The molecule has 0 aliphatic carbocycles. The van der Waals surface area contributed by atoms with Gasteiger partial charge in [-0.1, -0.05) is 24.3 Å². The van der Waals surface area contributed by atoms with Crippen LogP contribution in [0.3, 0.4) is 0 Å². The van der Waals surface area contributed by atoms with Crippen LogP contribution in [-0.2, 0) is 4.79 Å². The molecule has 0 saturated carbocycles. The number of nitrogens with one attached hydrogen (secondary N) is 1. The van der Waals surface area contributed by atoms with E-state index in [1.165, 1.54) is 0 Å². The number of hydrogen-bond acceptors (Lipinski definition) is 2. The largest absolute Gasteiger partial charge is 0.321 e. The molecule has 0 saturated heterocycles. The maximum Gasteiger partial charge on any atom is 0.266 e. The quantitative estimate of drug-likeness (QED) is 0.504. The fraction of sp³-hybridized carbons (Fsp3) is 0.167. The molecule has 0 fully saturated rings. The van der Waals surface area contributed by atoms with Crippen LogP contribution in [0.5, 0.6) is 0 Å². The molecule has 0 spiro atoms. The van der Waals surface area contributed by atoms with E-state index in [2.05, 4.69) is 9.88 Å². The molecule has 0 aliphatic heterocycles. The highest BCUT2D eigenvalue weighted by Crippen LogP contribution is 2.23. The SMILES string of the molecule is Cc1ccc(NC(=O)C(C#N)=Cc2cc(C)n(-c3ccccc3)c2C)cc1C. The Morgan fingerprint density at radius 1 is 1.00 bits per heavy atom. The number of carbonyl (C=O) groups is 1. The summed E-state index contributed by atoms with van der Waals surface area (Å²) in [7, 11) is 0. The first-order chi connectivity index (χ1) is 13.4. The van der Waals surface area contributed by atoms with Gasteiger partial charge in [0, 0.05) is 22.8 Å². The van der Waals surface area contributed by atoms with Crippen LogP contribution in [0.25, 0.3) is 11.8 Å². The molecule has 3 aromatic rings. The molecule has 0 radical (unpaired) electrons. The first kappa shape index (κ1) is 19.2. The molecule has 1 amide bonds. The summed E-state index contributed by atoms with van der Waals surface area (Å²) in [6, 6.07) is 19.7. The summed E-state index contributed by atoms with van der Waals surface area (Å²) < 4.78 is 2.11. The highest BCUT2D eigenvalue weighted by atomic mass is 16.1. The minimum absolute atomic E-state index is 0.0755. The zero-order valence-corrected chi connectivity index (χ0v) is 16.6. The Hall–Kier alpha value is -3.58. The third-order valence-corrected chi connectivity index (χ3v) is 4.91. The summed E-state index contributed by atoms with van der Waals surface area (Å²) in [5, 5.41) is 12.3. The summed E-state index contributed by atoms with van der Waals surface area (Å²) in [5.41, 5.74) is 6.94. The second-order valence-electron chi connectivity index (χ2n) is 6.92. The standard InChI is InChI=1S/C24H23N3O/c1-16-10-11-22(12-17(16)2)26-24(28)21(15-25)14-20-13-18(3)27(19(20)4)23-8-6-5-7-9-23/h5-14H,1-4H3,(H,26,28). The maximum atomic E-state index is 12.6. The van der Waals surface area contributed by atoms with Crippen molar-refractivity contribution in [1.29, 1.82) is 5.26 Å². The van der Waals surface area contributed by atoms with E-state index >= 15 is 0 Å². The second kappa shape index (κ2) is 7.98. The van der Waals surface area contributed by atoms with Gasteiger partial charge >= 0.3 is 0 Å². The van der Waals surface area contributed by atoms with Gasteiger partial charge in [-0.25, -0.2) is 0 Å². The van der Waals surface area contributed by atoms with Gasteiger partial charge in [0.05, 0.1) is 0 Å². The van der Waals surface area contributed by atoms with Crippen molar-refractivity contribution in [3.63, 3.8) is 0 Å². The first-order valence-electron chi connectivity index (χ1n) is 9.15. The Kier molecular flexibility index (Phi) is 5.47. The minimum Gasteiger partial charge on any atom is -0.321 e. The van der Waals surface area contributed by atoms with Crippen molar-refractivity contribution in [2.45, 2.75) is 27.7 Å². The van der Waals surface area contributed by atoms with E-state index in [-0.39, 0.29) is 5.57 Å². The van der Waals surface area contributed by atoms with Crippen LogP contribution in [0.15, 0.2) is 60.2 Å². The van der Waals surface area contributed by atoms with Crippen molar-refractivity contribution >= 4 is 17.7 Å². The van der Waals surface area contributed by atoms with Crippen molar-refractivity contribution in [3.05, 3.63) is 88.2 Å². The number of anilines is 1. The molecule has 1 heterocycles. The average molecular weight is 369 g/mol. The minimum atomic E-state index is -0.407. The molecule has 0 unspecified atom stereocenters. The Morgan fingerprint density at radius 2 is 1.71 bits per heavy atom. The molecule has 1 N–H and O–H groups in total. The second-order valence-corrected chi connectivity index (χ2v) is 6.92. The number of carbonyl (C=O) groups excluding carboxylic acids is 1. The average Bonchev–Trinajstić information content (AvgIpc) is 2.96. The van der Waals surface area contributed by atoms with E-state index < -0.39 is 5.91 Å². The number of benzene rings is 2. The van der Waals surface area contributed by atoms with E-state index in [0.717, 1.165) is 33.8 Å². The van der Waals surface area contributed by atoms with Gasteiger partial charge in [0.2, 0.25) is 0 Å². The number of aryl methyl sites for hydroxylation is 3. The summed E-state index contributed by atoms with van der Waals surface area (Å²) >= 11 is 0. The van der Waals surface area contributed by atoms with Gasteiger partial charge in [0.15, 0.2) is 0 Å². The zero-order valence-electron chi connectivity index (χ0n) is 16.6. The highest BCUT2D eigenvalue weighted by molar-refractivity contribution is 6.09. The third-order valence-electron chi connectivity index (χ3n) is 4.91. The van der Waals surface area contributed by atoms with Gasteiger partial charge in [0.1, 0.15) is 11.6 Å². The van der Waals surface area contributed by atoms with Gasteiger partial charge < -0.3 is 9.88 Å². The van der Waals surface area contributed by atoms with Gasteiger partial charge in [0.25, 0.3) is 5.91 Å². The van der Waals surface area contributed by atoms with Gasteiger partial charge in [-0.15, -0.1) is 0 Å². The third kappa shape index (κ3) is 3.89. The van der Waals surface area contributed by atoms with Crippen LogP contribution in [-0.4, -0.2) is 10.5 Å². The monoisotopic (exact) mass is 369 g/mol. The number of nitrogens with zero attached hydrogens (tertiary/aromatic N) is 2. The molecule has 4 heteroatoms. The molecule has 1 aromatic heterocycles. The normalized spacial score (nSPS) is 11.2. The predicted octanol–water partition coefficient (Wildman–Crippen LogP) is 5.26. The van der Waals surface area contributed by atoms with Crippen LogP contribution in [0.4, 0.5) is 5.69 Å². The molecule has 28 heavy (non-hydrogen) atoms. The van der Waals surface area contributed by atoms with E-state index in [1.807, 2.05) is 88.4 Å². The Morgan fingerprint density at radius 3 is 2.36 bits per heavy atom. The zero-order chi connectivity index (χ0) is 20.3. The van der Waals surface area contributed by atoms with E-state index in [9.17, 15) is 10.1 Å². The van der Waals surface area contributed by atoms with Crippen molar-refractivity contribution < 1.29 is 4.79 Å². The van der Waals surface area contributed by atoms with Crippen molar-refractivity contribution in [2.75, 3.05) is 5.32 Å². The van der Waals surface area contributed by atoms with Gasteiger partial charge in [-0.2, -0.15) is 5.26 Å². The Labute approximate surface area is 165 Å². The van der Waals surface area contributed by atoms with Crippen LogP contribution >= 0.6 is 0 Å². The number of amides is 1. The number of aromatic nitrogens is 1. The molecule has 0 aliphatic rings. The fourth-order valence-electron chi connectivity index (χ4n) is 3.23. The highest BCUT2D eigenvalue weighted by Gasteiger charge is 2.14. The Bertz CT molecular complexity index is 1100. The number of nitriles is 1. The number of para-hydroxylation sites is 1. The smallest absolute Gasteiger partial charge is 0.266 e. The molecule has 0 bridgehead atoms. The first-order valence-corrected chi connectivity index (χ1v) is 9.15. The van der Waals surface area contributed by atoms with Crippen molar-refractivity contribution in [1.82, 2.24) is 4.57 Å². The van der Waals surface area contributed by atoms with Crippen LogP contribution in [0.2, 0.25) is 0 Å². The lowest BCUT2D eigenvalue weighted by molar-refractivity contribution is -0.112. The number of hydrogen-bond donors (Lipinski definition) is 1. The van der Waals surface area contributed by atoms with Gasteiger partial charge in [-0.05, 0) is 80.8 Å². The summed E-state index contributed by atoms with van der Waals surface area (Å²) in [6.07, 6.45) is 1.65. The topological polar surface area (TPSA) is 57.8 Å². The predicted molar refractivity (Wildman–Crippen MR) is 113 cm³/mol. The number of rotatable bonds is 4. The maximum absolute atomic E-state index is 12.6. The van der Waals surface area contributed by atoms with E-state index in [4.69, 9.17) is 0 Å². The summed E-state index contributed by atoms with van der Waals surface area (Å²) in [6.45, 7) is 8.01. The van der Waals surface area contributed by atoms with Crippen LogP contribution in [0, 0.1) is 39.0 Å². The van der Waals surface area contributed by atoms with Crippen molar-refractivity contribution in [3.8, 4) is 11.8 Å². The molecule has 4 nitrogen and oxygen atoms in total. The lowest BCUT2D eigenvalue weighted by Crippen LogP contribution is -2.13. The van der Waals surface area contributed by atoms with Crippen LogP contribution < -0.4 is 5.32 Å². The molecule has 2 aromatic carbocycles. The summed E-state index contributed by atoms with van der Waals surface area (Å²) in [4.78, 5) is 12.6. The molecular formula is C24H23N3O. The van der Waals surface area contributed by atoms with Crippen molar-refractivity contribution in [2.24, 2.45) is 0 Å². The van der Waals surface area contributed by atoms with Crippen LogP contribution in [0.1, 0.15) is 28.1 Å². The fourth-order valence-corrected chi connectivity index (χ4v) is 3.23. The Balaban J connectivity index is 1.91. The molecular weight excluding hydrogens is 346 g/mol. The molecule has 3 rings (SSSR count). The van der Waals surface area contributed by atoms with E-state index in [1.54, 1.807) is 6.08 Å².